The van der Waals surface area contributed by atoms with Gasteiger partial charge in [-0.2, -0.15) is 0 Å². The van der Waals surface area contributed by atoms with Crippen LogP contribution in [0.25, 0.3) is 11.0 Å². The summed E-state index contributed by atoms with van der Waals surface area (Å²) in [5.41, 5.74) is 0.169. The number of aliphatic carboxylic acids is 1. The number of rotatable bonds is 8. The van der Waals surface area contributed by atoms with Gasteiger partial charge in [0.15, 0.2) is 0 Å². The van der Waals surface area contributed by atoms with Crippen molar-refractivity contribution in [3.05, 3.63) is 64.0 Å². The van der Waals surface area contributed by atoms with E-state index < -0.39 is 12.0 Å². The Morgan fingerprint density at radius 2 is 1.90 bits per heavy atom. The van der Waals surface area contributed by atoms with E-state index in [0.717, 1.165) is 0 Å². The number of carbonyl (C=O) groups is 1. The quantitative estimate of drug-likeness (QED) is 0.510. The molecule has 3 aromatic rings. The van der Waals surface area contributed by atoms with Crippen molar-refractivity contribution in [3.8, 4) is 17.2 Å². The van der Waals surface area contributed by atoms with Crippen molar-refractivity contribution in [2.75, 3.05) is 0 Å². The summed E-state index contributed by atoms with van der Waals surface area (Å²) in [6.45, 7) is 5.39. The van der Waals surface area contributed by atoms with E-state index in [1.54, 1.807) is 31.2 Å². The minimum Gasteiger partial charge on any atom is -0.507 e. The standard InChI is InChI=1S/C23H25NO6/c1-4-13(2)19(23(27)28)24-12-17-18(25)11-10-16-20(26)21(14(3)29-22(16)17)30-15-8-6-5-7-9-15/h5-11,13,19,24-25H,4,12H2,1-3H3,(H,27,28). The van der Waals surface area contributed by atoms with Gasteiger partial charge in [0.1, 0.15) is 28.9 Å². The normalized spacial score (nSPS) is 13.2. The van der Waals surface area contributed by atoms with Crippen molar-refractivity contribution in [2.45, 2.75) is 39.8 Å². The van der Waals surface area contributed by atoms with Gasteiger partial charge in [0.2, 0.25) is 11.2 Å². The molecule has 0 aliphatic carbocycles. The number of nitrogens with one attached hydrogen (secondary N) is 1. The molecule has 0 bridgehead atoms. The van der Waals surface area contributed by atoms with E-state index in [1.165, 1.54) is 12.1 Å². The summed E-state index contributed by atoms with van der Waals surface area (Å²) in [5.74, 6) is -0.325. The average Bonchev–Trinajstić information content (AvgIpc) is 2.73. The minimum absolute atomic E-state index is 0.0335. The van der Waals surface area contributed by atoms with Crippen molar-refractivity contribution in [2.24, 2.45) is 5.92 Å². The maximum Gasteiger partial charge on any atom is 0.320 e. The molecule has 0 saturated heterocycles. The van der Waals surface area contributed by atoms with Crippen LogP contribution in [0.5, 0.6) is 17.2 Å². The van der Waals surface area contributed by atoms with E-state index in [1.807, 2.05) is 19.9 Å². The third kappa shape index (κ3) is 4.31. The highest BCUT2D eigenvalue weighted by atomic mass is 16.5. The first-order valence-electron chi connectivity index (χ1n) is 9.80. The molecular formula is C23H25NO6. The summed E-state index contributed by atoms with van der Waals surface area (Å²) in [6.07, 6.45) is 0.680. The predicted octanol–water partition coefficient (Wildman–Crippen LogP) is 4.19. The van der Waals surface area contributed by atoms with Gasteiger partial charge >= 0.3 is 5.97 Å². The fourth-order valence-corrected chi connectivity index (χ4v) is 3.27. The SMILES string of the molecule is CCC(C)C(NCc1c(O)ccc2c(=O)c(Oc3ccccc3)c(C)oc12)C(=O)O. The van der Waals surface area contributed by atoms with E-state index >= 15 is 0 Å². The molecule has 3 N–H and O–H groups in total. The van der Waals surface area contributed by atoms with Crippen LogP contribution >= 0.6 is 0 Å². The van der Waals surface area contributed by atoms with E-state index in [9.17, 15) is 19.8 Å². The first-order valence-corrected chi connectivity index (χ1v) is 9.80. The van der Waals surface area contributed by atoms with Crippen molar-refractivity contribution in [1.29, 1.82) is 0 Å². The minimum atomic E-state index is -0.972. The lowest BCUT2D eigenvalue weighted by Crippen LogP contribution is -2.41. The highest BCUT2D eigenvalue weighted by Crippen LogP contribution is 2.31. The topological polar surface area (TPSA) is 109 Å². The number of fused-ring (bicyclic) bond motifs is 1. The van der Waals surface area contributed by atoms with Crippen LogP contribution in [0, 0.1) is 12.8 Å². The summed E-state index contributed by atoms with van der Waals surface area (Å²) < 4.78 is 11.6. The van der Waals surface area contributed by atoms with Crippen LogP contribution in [0.2, 0.25) is 0 Å². The second-order valence-corrected chi connectivity index (χ2v) is 7.25. The molecule has 2 aromatic carbocycles. The first-order chi connectivity index (χ1) is 14.3. The molecule has 0 aliphatic heterocycles. The van der Waals surface area contributed by atoms with Crippen LogP contribution in [0.3, 0.4) is 0 Å². The first kappa shape index (κ1) is 21.4. The number of hydrogen-bond donors (Lipinski definition) is 3. The Hall–Kier alpha value is -3.32. The number of phenols is 1. The van der Waals surface area contributed by atoms with Gasteiger partial charge in [-0.1, -0.05) is 38.5 Å². The third-order valence-electron chi connectivity index (χ3n) is 5.20. The molecule has 2 unspecified atom stereocenters. The lowest BCUT2D eigenvalue weighted by molar-refractivity contribution is -0.140. The van der Waals surface area contributed by atoms with Gasteiger partial charge in [-0.25, -0.2) is 0 Å². The van der Waals surface area contributed by atoms with E-state index in [-0.39, 0.29) is 46.1 Å². The molecule has 2 atom stereocenters. The number of para-hydroxylation sites is 1. The number of benzene rings is 2. The molecule has 3 rings (SSSR count). The molecule has 0 radical (unpaired) electrons. The van der Waals surface area contributed by atoms with Crippen LogP contribution in [0.4, 0.5) is 0 Å². The van der Waals surface area contributed by atoms with Crippen molar-refractivity contribution >= 4 is 16.9 Å². The number of phenolic OH excluding ortho intramolecular Hbond substituents is 1. The van der Waals surface area contributed by atoms with Gasteiger partial charge in [-0.3, -0.25) is 14.9 Å². The van der Waals surface area contributed by atoms with Crippen LogP contribution in [0.15, 0.2) is 51.7 Å². The average molecular weight is 411 g/mol. The summed E-state index contributed by atoms with van der Waals surface area (Å²) >= 11 is 0. The van der Waals surface area contributed by atoms with Gasteiger partial charge in [-0.15, -0.1) is 0 Å². The number of ether oxygens (including phenoxy) is 1. The Kier molecular flexibility index (Phi) is 6.42. The number of hydrogen-bond acceptors (Lipinski definition) is 6. The molecule has 158 valence electrons. The Labute approximate surface area is 173 Å². The number of aromatic hydroxyl groups is 1. The Bertz CT molecular complexity index is 1110. The lowest BCUT2D eigenvalue weighted by atomic mass is 9.98. The maximum atomic E-state index is 13.0. The fraction of sp³-hybridized carbons (Fsp3) is 0.304. The number of aryl methyl sites for hydroxylation is 1. The van der Waals surface area contributed by atoms with Crippen LogP contribution in [0.1, 0.15) is 31.6 Å². The highest BCUT2D eigenvalue weighted by Gasteiger charge is 2.24. The van der Waals surface area contributed by atoms with Crippen molar-refractivity contribution in [1.82, 2.24) is 5.32 Å². The largest absolute Gasteiger partial charge is 0.507 e. The molecule has 0 fully saturated rings. The van der Waals surface area contributed by atoms with Gasteiger partial charge in [-0.05, 0) is 37.1 Å². The molecule has 1 aromatic heterocycles. The van der Waals surface area contributed by atoms with Crippen molar-refractivity contribution in [3.63, 3.8) is 0 Å². The number of carboxylic acids is 1. The zero-order valence-corrected chi connectivity index (χ0v) is 17.1. The zero-order valence-electron chi connectivity index (χ0n) is 17.1. The predicted molar refractivity (Wildman–Crippen MR) is 113 cm³/mol. The van der Waals surface area contributed by atoms with Crippen LogP contribution < -0.4 is 15.5 Å². The third-order valence-corrected chi connectivity index (χ3v) is 5.20. The number of carboxylic acid groups (broad SMARTS) is 1. The molecule has 0 saturated carbocycles. The van der Waals surface area contributed by atoms with Gasteiger partial charge < -0.3 is 19.4 Å². The molecular weight excluding hydrogens is 386 g/mol. The Balaban J connectivity index is 2.01. The monoisotopic (exact) mass is 411 g/mol. The van der Waals surface area contributed by atoms with Crippen LogP contribution in [-0.4, -0.2) is 22.2 Å². The molecule has 7 nitrogen and oxygen atoms in total. The Morgan fingerprint density at radius 3 is 2.53 bits per heavy atom. The van der Waals surface area contributed by atoms with Crippen LogP contribution in [-0.2, 0) is 11.3 Å². The second-order valence-electron chi connectivity index (χ2n) is 7.25. The van der Waals surface area contributed by atoms with Gasteiger partial charge in [0.05, 0.1) is 10.9 Å². The summed E-state index contributed by atoms with van der Waals surface area (Å²) in [5, 5.41) is 23.1. The van der Waals surface area contributed by atoms with E-state index in [0.29, 0.717) is 17.7 Å². The highest BCUT2D eigenvalue weighted by molar-refractivity contribution is 5.83. The van der Waals surface area contributed by atoms with Gasteiger partial charge in [0.25, 0.3) is 0 Å². The summed E-state index contributed by atoms with van der Waals surface area (Å²) in [4.78, 5) is 24.6. The lowest BCUT2D eigenvalue weighted by Gasteiger charge is -2.21. The van der Waals surface area contributed by atoms with E-state index in [2.05, 4.69) is 5.32 Å². The molecule has 7 heteroatoms. The molecule has 0 spiro atoms. The smallest absolute Gasteiger partial charge is 0.320 e. The summed E-state index contributed by atoms with van der Waals surface area (Å²) in [7, 11) is 0. The van der Waals surface area contributed by atoms with Crippen molar-refractivity contribution < 1.29 is 24.2 Å². The molecule has 0 aliphatic rings. The van der Waals surface area contributed by atoms with E-state index in [4.69, 9.17) is 9.15 Å². The molecule has 0 amide bonds. The zero-order chi connectivity index (χ0) is 21.8. The summed E-state index contributed by atoms with van der Waals surface area (Å²) in [6, 6.07) is 11.0. The molecule has 1 heterocycles. The Morgan fingerprint density at radius 1 is 1.20 bits per heavy atom. The maximum absolute atomic E-state index is 13.0. The second kappa shape index (κ2) is 9.00. The van der Waals surface area contributed by atoms with Gasteiger partial charge in [0, 0.05) is 6.54 Å². The molecule has 30 heavy (non-hydrogen) atoms. The fourth-order valence-electron chi connectivity index (χ4n) is 3.27.